The quantitative estimate of drug-likeness (QED) is 0.161. The van der Waals surface area contributed by atoms with Gasteiger partial charge in [-0.05, 0) is 43.9 Å². The van der Waals surface area contributed by atoms with Crippen molar-refractivity contribution in [3.05, 3.63) is 72.1 Å². The van der Waals surface area contributed by atoms with E-state index in [0.717, 1.165) is 40.0 Å². The van der Waals surface area contributed by atoms with Gasteiger partial charge in [0.05, 0.1) is 25.3 Å². The maximum atomic E-state index is 12.3. The average molecular weight is 557 g/mol. The molecule has 41 heavy (non-hydrogen) atoms. The minimum absolute atomic E-state index is 0.464. The second kappa shape index (κ2) is 12.2. The molecule has 1 aromatic heterocycles. The second-order valence-electron chi connectivity index (χ2n) is 11.8. The standard InChI is InChI=1S/C34H40N2O5/c1-34(2,3)41-33(37)40-29-14-10-9-13-26(29)25-17-15-24(16-18-25)22-36-28-21-31(39-5)30(38-4)20-27(28)35-32(36)19-23-11-7-6-8-12-23/h9-10,13-18,20-21,23H,6-8,11-12,19,22H2,1-5H3. The largest absolute Gasteiger partial charge is 0.514 e. The predicted octanol–water partition coefficient (Wildman–Crippen LogP) is 8.21. The number of hydrogen-bond acceptors (Lipinski definition) is 6. The van der Waals surface area contributed by atoms with Gasteiger partial charge in [0.25, 0.3) is 0 Å². The molecule has 0 bridgehead atoms. The molecule has 0 spiro atoms. The van der Waals surface area contributed by atoms with E-state index in [1.807, 2.05) is 51.1 Å². The van der Waals surface area contributed by atoms with Crippen molar-refractivity contribution in [3.63, 3.8) is 0 Å². The first-order chi connectivity index (χ1) is 19.7. The van der Waals surface area contributed by atoms with Crippen LogP contribution in [0.25, 0.3) is 22.2 Å². The summed E-state index contributed by atoms with van der Waals surface area (Å²) in [5.41, 5.74) is 4.26. The van der Waals surface area contributed by atoms with Crippen LogP contribution in [-0.2, 0) is 17.7 Å². The van der Waals surface area contributed by atoms with E-state index in [1.165, 1.54) is 32.1 Å². The van der Waals surface area contributed by atoms with E-state index in [1.54, 1.807) is 20.3 Å². The highest BCUT2D eigenvalue weighted by molar-refractivity contribution is 5.81. The molecule has 3 aromatic carbocycles. The van der Waals surface area contributed by atoms with Gasteiger partial charge in [0.1, 0.15) is 17.2 Å². The normalized spacial score (nSPS) is 14.2. The van der Waals surface area contributed by atoms with Crippen molar-refractivity contribution in [2.24, 2.45) is 5.92 Å². The molecule has 0 unspecified atom stereocenters. The smallest absolute Gasteiger partial charge is 0.493 e. The summed E-state index contributed by atoms with van der Waals surface area (Å²) >= 11 is 0. The lowest BCUT2D eigenvalue weighted by Crippen LogP contribution is -2.26. The van der Waals surface area contributed by atoms with Crippen molar-refractivity contribution >= 4 is 17.2 Å². The highest BCUT2D eigenvalue weighted by atomic mass is 16.7. The van der Waals surface area contributed by atoms with Crippen molar-refractivity contribution in [1.82, 2.24) is 9.55 Å². The van der Waals surface area contributed by atoms with E-state index in [9.17, 15) is 4.79 Å². The third kappa shape index (κ3) is 6.84. The zero-order valence-electron chi connectivity index (χ0n) is 24.7. The van der Waals surface area contributed by atoms with Gasteiger partial charge in [-0.3, -0.25) is 0 Å². The van der Waals surface area contributed by atoms with Gasteiger partial charge in [-0.2, -0.15) is 0 Å². The molecule has 1 fully saturated rings. The predicted molar refractivity (Wildman–Crippen MR) is 161 cm³/mol. The fourth-order valence-electron chi connectivity index (χ4n) is 5.61. The number of aromatic nitrogens is 2. The van der Waals surface area contributed by atoms with Crippen LogP contribution in [0, 0.1) is 5.92 Å². The number of methoxy groups -OCH3 is 2. The summed E-state index contributed by atoms with van der Waals surface area (Å²) in [5, 5.41) is 0. The lowest BCUT2D eigenvalue weighted by Gasteiger charge is -2.21. The lowest BCUT2D eigenvalue weighted by atomic mass is 9.87. The number of carbonyl (C=O) groups is 1. The summed E-state index contributed by atoms with van der Waals surface area (Å²) in [5.74, 6) is 3.60. The summed E-state index contributed by atoms with van der Waals surface area (Å²) in [4.78, 5) is 17.4. The van der Waals surface area contributed by atoms with E-state index in [-0.39, 0.29) is 0 Å². The van der Waals surface area contributed by atoms with Gasteiger partial charge >= 0.3 is 6.16 Å². The number of fused-ring (bicyclic) bond motifs is 1. The first-order valence-electron chi connectivity index (χ1n) is 14.4. The zero-order valence-corrected chi connectivity index (χ0v) is 24.7. The summed E-state index contributed by atoms with van der Waals surface area (Å²) in [6.45, 7) is 6.13. The molecule has 1 aliphatic rings. The molecular weight excluding hydrogens is 516 g/mol. The molecule has 7 nitrogen and oxygen atoms in total. The molecule has 0 atom stereocenters. The molecule has 4 aromatic rings. The topological polar surface area (TPSA) is 71.8 Å². The third-order valence-corrected chi connectivity index (χ3v) is 7.60. The summed E-state index contributed by atoms with van der Waals surface area (Å²) in [6.07, 6.45) is 6.70. The molecule has 0 aliphatic heterocycles. The van der Waals surface area contributed by atoms with Gasteiger partial charge in [0.15, 0.2) is 11.5 Å². The fraction of sp³-hybridized carbons (Fsp3) is 0.412. The monoisotopic (exact) mass is 556 g/mol. The number of imidazole rings is 1. The van der Waals surface area contributed by atoms with Crippen LogP contribution in [0.2, 0.25) is 0 Å². The van der Waals surface area contributed by atoms with Gasteiger partial charge < -0.3 is 23.5 Å². The van der Waals surface area contributed by atoms with Gasteiger partial charge in [-0.1, -0.05) is 74.6 Å². The number of para-hydroxylation sites is 1. The van der Waals surface area contributed by atoms with E-state index >= 15 is 0 Å². The molecule has 1 aliphatic carbocycles. The first kappa shape index (κ1) is 28.5. The van der Waals surface area contributed by atoms with E-state index in [4.69, 9.17) is 23.9 Å². The van der Waals surface area contributed by atoms with Crippen LogP contribution in [0.15, 0.2) is 60.7 Å². The van der Waals surface area contributed by atoms with Crippen molar-refractivity contribution in [2.45, 2.75) is 71.4 Å². The number of hydrogen-bond donors (Lipinski definition) is 0. The highest BCUT2D eigenvalue weighted by Gasteiger charge is 2.22. The molecule has 0 N–H and O–H groups in total. The van der Waals surface area contributed by atoms with Crippen LogP contribution >= 0.6 is 0 Å². The molecule has 1 saturated carbocycles. The van der Waals surface area contributed by atoms with Crippen LogP contribution in [0.1, 0.15) is 64.3 Å². The Labute approximate surface area is 242 Å². The van der Waals surface area contributed by atoms with E-state index in [0.29, 0.717) is 29.7 Å². The van der Waals surface area contributed by atoms with Gasteiger partial charge in [0.2, 0.25) is 0 Å². The molecule has 0 radical (unpaired) electrons. The second-order valence-corrected chi connectivity index (χ2v) is 11.8. The van der Waals surface area contributed by atoms with Gasteiger partial charge in [0, 0.05) is 30.7 Å². The highest BCUT2D eigenvalue weighted by Crippen LogP contribution is 2.35. The van der Waals surface area contributed by atoms with E-state index < -0.39 is 11.8 Å². The van der Waals surface area contributed by atoms with Gasteiger partial charge in [-0.15, -0.1) is 0 Å². The average Bonchev–Trinajstić information content (AvgIpc) is 3.27. The Bertz CT molecular complexity index is 1490. The minimum Gasteiger partial charge on any atom is -0.493 e. The third-order valence-electron chi connectivity index (χ3n) is 7.60. The van der Waals surface area contributed by atoms with Crippen LogP contribution in [0.5, 0.6) is 17.2 Å². The number of nitrogens with zero attached hydrogens (tertiary/aromatic N) is 2. The van der Waals surface area contributed by atoms with Crippen molar-refractivity contribution in [3.8, 4) is 28.4 Å². The Morgan fingerprint density at radius 3 is 2.27 bits per heavy atom. The molecule has 0 saturated heterocycles. The van der Waals surface area contributed by atoms with Crippen molar-refractivity contribution < 1.29 is 23.7 Å². The number of rotatable bonds is 8. The number of benzene rings is 3. The first-order valence-corrected chi connectivity index (χ1v) is 14.4. The Kier molecular flexibility index (Phi) is 8.52. The van der Waals surface area contributed by atoms with Crippen molar-refractivity contribution in [2.75, 3.05) is 14.2 Å². The zero-order chi connectivity index (χ0) is 29.0. The Morgan fingerprint density at radius 2 is 1.59 bits per heavy atom. The van der Waals surface area contributed by atoms with Gasteiger partial charge in [-0.25, -0.2) is 9.78 Å². The van der Waals surface area contributed by atoms with Crippen LogP contribution in [-0.4, -0.2) is 35.5 Å². The summed E-state index contributed by atoms with van der Waals surface area (Å²) in [6, 6.07) is 19.9. The fourth-order valence-corrected chi connectivity index (χ4v) is 5.61. The molecule has 7 heteroatoms. The Hall–Kier alpha value is -4.00. The Morgan fingerprint density at radius 1 is 0.902 bits per heavy atom. The maximum absolute atomic E-state index is 12.3. The van der Waals surface area contributed by atoms with Crippen LogP contribution in [0.3, 0.4) is 0 Å². The summed E-state index contributed by atoms with van der Waals surface area (Å²) < 4.78 is 24.4. The molecule has 216 valence electrons. The number of ether oxygens (including phenoxy) is 4. The maximum Gasteiger partial charge on any atom is 0.514 e. The molecule has 0 amide bonds. The van der Waals surface area contributed by atoms with E-state index in [2.05, 4.69) is 28.8 Å². The minimum atomic E-state index is -0.717. The summed E-state index contributed by atoms with van der Waals surface area (Å²) in [7, 11) is 3.32. The SMILES string of the molecule is COc1cc2nc(CC3CCCCC3)n(Cc3ccc(-c4ccccc4OC(=O)OC(C)(C)C)cc3)c2cc1OC. The van der Waals surface area contributed by atoms with Crippen LogP contribution < -0.4 is 14.2 Å². The molecule has 5 rings (SSSR count). The molecule has 1 heterocycles. The van der Waals surface area contributed by atoms with Crippen LogP contribution in [0.4, 0.5) is 4.79 Å². The lowest BCUT2D eigenvalue weighted by molar-refractivity contribution is 0.0207. The number of carbonyl (C=O) groups excluding carboxylic acids is 1. The molecular formula is C34H40N2O5. The van der Waals surface area contributed by atoms with Crippen molar-refractivity contribution in [1.29, 1.82) is 0 Å². The Balaban J connectivity index is 1.43.